The summed E-state index contributed by atoms with van der Waals surface area (Å²) in [6, 6.07) is -0.790. The number of nitrogens with one attached hydrogen (secondary N) is 2. The second-order valence-electron chi connectivity index (χ2n) is 6.11. The van der Waals surface area contributed by atoms with Gasteiger partial charge in [0.2, 0.25) is 5.91 Å². The van der Waals surface area contributed by atoms with Crippen LogP contribution in [-0.4, -0.2) is 63.0 Å². The number of nitrogens with two attached hydrogens (primary N) is 4. The van der Waals surface area contributed by atoms with E-state index in [1.54, 1.807) is 0 Å². The molecule has 0 bridgehead atoms. The van der Waals surface area contributed by atoms with Gasteiger partial charge in [-0.15, -0.1) is 0 Å². The summed E-state index contributed by atoms with van der Waals surface area (Å²) < 4.78 is 9.94. The van der Waals surface area contributed by atoms with Gasteiger partial charge in [0.1, 0.15) is 13.2 Å². The number of amides is 3. The normalized spacial score (nSPS) is 12.7. The molecule has 11 heteroatoms. The molecule has 0 radical (unpaired) electrons. The summed E-state index contributed by atoms with van der Waals surface area (Å²) in [5.41, 5.74) is 21.2. The van der Waals surface area contributed by atoms with Crippen LogP contribution >= 0.6 is 0 Å². The van der Waals surface area contributed by atoms with Crippen molar-refractivity contribution in [2.45, 2.75) is 50.6 Å². The smallest absolute Gasteiger partial charge is 0.407 e. The maximum Gasteiger partial charge on any atom is 0.407 e. The van der Waals surface area contributed by atoms with Crippen molar-refractivity contribution in [2.75, 3.05) is 32.8 Å². The molecule has 0 heterocycles. The Bertz CT molecular complexity index is 438. The first-order chi connectivity index (χ1) is 12.9. The molecule has 0 spiro atoms. The molecule has 2 atom stereocenters. The molecule has 0 rings (SSSR count). The minimum absolute atomic E-state index is 0.00561. The third-order valence-electron chi connectivity index (χ3n) is 3.73. The molecule has 3 amide bonds. The summed E-state index contributed by atoms with van der Waals surface area (Å²) in [5, 5.41) is 5.34. The molecule has 11 nitrogen and oxygen atoms in total. The molecule has 10 N–H and O–H groups in total. The molecule has 0 aliphatic heterocycles. The maximum atomic E-state index is 12.0. The van der Waals surface area contributed by atoms with Crippen LogP contribution in [0.1, 0.15) is 38.5 Å². The predicted octanol–water partition coefficient (Wildman–Crippen LogP) is -1.12. The van der Waals surface area contributed by atoms with Gasteiger partial charge in [0, 0.05) is 0 Å². The number of hydrogen-bond acceptors (Lipinski definition) is 8. The highest BCUT2D eigenvalue weighted by Gasteiger charge is 2.18. The van der Waals surface area contributed by atoms with E-state index in [4.69, 9.17) is 32.4 Å². The van der Waals surface area contributed by atoms with E-state index in [2.05, 4.69) is 10.6 Å². The van der Waals surface area contributed by atoms with Gasteiger partial charge in [0.05, 0.1) is 18.6 Å². The highest BCUT2D eigenvalue weighted by molar-refractivity contribution is 5.78. The lowest BCUT2D eigenvalue weighted by Crippen LogP contribution is -2.44. The summed E-state index contributed by atoms with van der Waals surface area (Å²) in [4.78, 5) is 34.3. The average Bonchev–Trinajstić information content (AvgIpc) is 2.63. The molecule has 1 unspecified atom stereocenters. The maximum absolute atomic E-state index is 12.0. The van der Waals surface area contributed by atoms with Crippen molar-refractivity contribution >= 4 is 18.1 Å². The Morgan fingerprint density at radius 2 is 1.30 bits per heavy atom. The lowest BCUT2D eigenvalue weighted by molar-refractivity contribution is -0.120. The zero-order chi connectivity index (χ0) is 20.5. The summed E-state index contributed by atoms with van der Waals surface area (Å²) >= 11 is 0. The molecule has 0 saturated carbocycles. The van der Waals surface area contributed by atoms with Crippen LogP contribution < -0.4 is 33.6 Å². The van der Waals surface area contributed by atoms with Gasteiger partial charge in [0.25, 0.3) is 0 Å². The molecule has 158 valence electrons. The van der Waals surface area contributed by atoms with E-state index < -0.39 is 18.2 Å². The van der Waals surface area contributed by atoms with Crippen molar-refractivity contribution in [3.8, 4) is 0 Å². The summed E-state index contributed by atoms with van der Waals surface area (Å²) in [7, 11) is 0. The standard InChI is InChI=1S/C16H34N6O5/c17-7-3-1-5-12(21-14(23)9-19)11-27-16(25)22-13(6-2-4-8-18)10-26-15(20)24/h12-13H,1-11,17-19H2,(H2,20,24)(H,21,23)(H,22,25)/t12-,13?/m0/s1. The molecule has 0 aliphatic rings. The fourth-order valence-corrected chi connectivity index (χ4v) is 2.32. The Kier molecular flexibility index (Phi) is 14.8. The van der Waals surface area contributed by atoms with Crippen LogP contribution in [0.5, 0.6) is 0 Å². The number of alkyl carbamates (subject to hydrolysis) is 1. The molecular weight excluding hydrogens is 356 g/mol. The van der Waals surface area contributed by atoms with Crippen LogP contribution in [0.15, 0.2) is 0 Å². The van der Waals surface area contributed by atoms with Gasteiger partial charge in [-0.25, -0.2) is 9.59 Å². The zero-order valence-corrected chi connectivity index (χ0v) is 15.8. The Morgan fingerprint density at radius 1 is 0.778 bits per heavy atom. The Hall–Kier alpha value is -2.11. The van der Waals surface area contributed by atoms with Crippen molar-refractivity contribution in [3.63, 3.8) is 0 Å². The minimum Gasteiger partial charge on any atom is -0.448 e. The van der Waals surface area contributed by atoms with Crippen LogP contribution in [-0.2, 0) is 14.3 Å². The highest BCUT2D eigenvalue weighted by Crippen LogP contribution is 2.04. The first kappa shape index (κ1) is 24.9. The minimum atomic E-state index is -0.918. The van der Waals surface area contributed by atoms with Crippen LogP contribution in [0.25, 0.3) is 0 Å². The summed E-state index contributed by atoms with van der Waals surface area (Å²) in [6.07, 6.45) is 2.69. The number of rotatable bonds is 15. The van der Waals surface area contributed by atoms with Crippen LogP contribution in [0.3, 0.4) is 0 Å². The monoisotopic (exact) mass is 390 g/mol. The molecule has 0 aliphatic carbocycles. The molecule has 0 aromatic carbocycles. The number of carbonyl (C=O) groups is 3. The zero-order valence-electron chi connectivity index (χ0n) is 15.8. The molecule has 0 saturated heterocycles. The highest BCUT2D eigenvalue weighted by atomic mass is 16.6. The average molecular weight is 390 g/mol. The Labute approximate surface area is 159 Å². The SMILES string of the molecule is NCCCCC(COC(N)=O)NC(=O)OC[C@H](CCCCN)NC(=O)CN. The molecule has 27 heavy (non-hydrogen) atoms. The van der Waals surface area contributed by atoms with Gasteiger partial charge in [0.15, 0.2) is 0 Å². The molecule has 0 aromatic rings. The Morgan fingerprint density at radius 3 is 1.78 bits per heavy atom. The number of hydrogen-bond donors (Lipinski definition) is 6. The first-order valence-corrected chi connectivity index (χ1v) is 9.18. The third kappa shape index (κ3) is 14.7. The van der Waals surface area contributed by atoms with Crippen LogP contribution in [0.4, 0.5) is 9.59 Å². The summed E-state index contributed by atoms with van der Waals surface area (Å²) in [6.45, 7) is 0.864. The van der Waals surface area contributed by atoms with Gasteiger partial charge >= 0.3 is 12.2 Å². The fourth-order valence-electron chi connectivity index (χ4n) is 2.32. The van der Waals surface area contributed by atoms with Crippen molar-refractivity contribution in [2.24, 2.45) is 22.9 Å². The van der Waals surface area contributed by atoms with Crippen molar-refractivity contribution in [1.82, 2.24) is 10.6 Å². The van der Waals surface area contributed by atoms with Crippen LogP contribution in [0, 0.1) is 0 Å². The lowest BCUT2D eigenvalue weighted by Gasteiger charge is -2.21. The largest absolute Gasteiger partial charge is 0.448 e. The van der Waals surface area contributed by atoms with Crippen LogP contribution in [0.2, 0.25) is 0 Å². The van der Waals surface area contributed by atoms with Gasteiger partial charge in [-0.05, 0) is 38.8 Å². The quantitative estimate of drug-likeness (QED) is 0.189. The van der Waals surface area contributed by atoms with E-state index in [0.29, 0.717) is 25.9 Å². The lowest BCUT2D eigenvalue weighted by atomic mass is 10.1. The fraction of sp³-hybridized carbons (Fsp3) is 0.812. The van der Waals surface area contributed by atoms with Crippen molar-refractivity contribution < 1.29 is 23.9 Å². The van der Waals surface area contributed by atoms with Crippen molar-refractivity contribution in [1.29, 1.82) is 0 Å². The topological polar surface area (TPSA) is 198 Å². The number of carbonyl (C=O) groups excluding carboxylic acids is 3. The third-order valence-corrected chi connectivity index (χ3v) is 3.73. The molecular formula is C16H34N6O5. The van der Waals surface area contributed by atoms with E-state index in [1.165, 1.54) is 0 Å². The van der Waals surface area contributed by atoms with Crippen molar-refractivity contribution in [3.05, 3.63) is 0 Å². The molecule has 0 aromatic heterocycles. The Balaban J connectivity index is 4.47. The van der Waals surface area contributed by atoms with Gasteiger partial charge in [-0.1, -0.05) is 12.8 Å². The van der Waals surface area contributed by atoms with E-state index >= 15 is 0 Å². The van der Waals surface area contributed by atoms with E-state index in [1.807, 2.05) is 0 Å². The number of ether oxygens (including phenoxy) is 2. The van der Waals surface area contributed by atoms with E-state index in [0.717, 1.165) is 25.7 Å². The number of unbranched alkanes of at least 4 members (excludes halogenated alkanes) is 2. The second-order valence-corrected chi connectivity index (χ2v) is 6.11. The predicted molar refractivity (Wildman–Crippen MR) is 101 cm³/mol. The summed E-state index contributed by atoms with van der Waals surface area (Å²) in [5.74, 6) is -0.328. The number of primary amides is 1. The molecule has 0 fully saturated rings. The van der Waals surface area contributed by atoms with E-state index in [-0.39, 0.29) is 31.7 Å². The van der Waals surface area contributed by atoms with Gasteiger partial charge in [-0.3, -0.25) is 4.79 Å². The second kappa shape index (κ2) is 16.1. The van der Waals surface area contributed by atoms with Gasteiger partial charge < -0.3 is 43.0 Å². The van der Waals surface area contributed by atoms with Gasteiger partial charge in [-0.2, -0.15) is 0 Å². The first-order valence-electron chi connectivity index (χ1n) is 9.18. The van der Waals surface area contributed by atoms with E-state index in [9.17, 15) is 14.4 Å².